The van der Waals surface area contributed by atoms with E-state index >= 15 is 0 Å². The normalized spacial score (nSPS) is 23.2. The highest BCUT2D eigenvalue weighted by Gasteiger charge is 2.28. The van der Waals surface area contributed by atoms with Crippen molar-refractivity contribution in [3.05, 3.63) is 0 Å². The van der Waals surface area contributed by atoms with E-state index < -0.39 is 0 Å². The van der Waals surface area contributed by atoms with Gasteiger partial charge in [-0.1, -0.05) is 0 Å². The summed E-state index contributed by atoms with van der Waals surface area (Å²) >= 11 is 0. The zero-order valence-electron chi connectivity index (χ0n) is 13.5. The fourth-order valence-corrected chi connectivity index (χ4v) is 2.60. The van der Waals surface area contributed by atoms with Gasteiger partial charge in [-0.15, -0.1) is 0 Å². The molecule has 4 heteroatoms. The largest absolute Gasteiger partial charge is 0.347 e. The maximum absolute atomic E-state index is 12.0. The van der Waals surface area contributed by atoms with Gasteiger partial charge in [-0.3, -0.25) is 9.69 Å². The molecule has 0 radical (unpaired) electrons. The Morgan fingerprint density at radius 2 is 2.05 bits per heavy atom. The Balaban J connectivity index is 2.48. The van der Waals surface area contributed by atoms with E-state index in [2.05, 4.69) is 31.0 Å². The minimum absolute atomic E-state index is 0.00689. The number of hydrogen-bond donors (Lipinski definition) is 1. The Kier molecular flexibility index (Phi) is 5.81. The number of likely N-dealkylation sites (N-methyl/N-ethyl adjacent to an activating group) is 1. The first-order valence-corrected chi connectivity index (χ1v) is 7.41. The van der Waals surface area contributed by atoms with Crippen molar-refractivity contribution in [2.24, 2.45) is 5.92 Å². The molecule has 4 nitrogen and oxygen atoms in total. The van der Waals surface area contributed by atoms with Crippen LogP contribution < -0.4 is 5.32 Å². The van der Waals surface area contributed by atoms with Crippen LogP contribution in [0.25, 0.3) is 0 Å². The molecule has 1 heterocycles. The Morgan fingerprint density at radius 1 is 1.42 bits per heavy atom. The van der Waals surface area contributed by atoms with Crippen molar-refractivity contribution >= 4 is 5.91 Å². The van der Waals surface area contributed by atoms with E-state index in [1.165, 1.54) is 12.8 Å². The number of piperidine rings is 1. The lowest BCUT2D eigenvalue weighted by Gasteiger charge is -2.38. The number of nitrogens with one attached hydrogen (secondary N) is 1. The van der Waals surface area contributed by atoms with Crippen LogP contribution in [0.5, 0.6) is 0 Å². The Hall–Kier alpha value is -0.610. The Morgan fingerprint density at radius 3 is 2.58 bits per heavy atom. The van der Waals surface area contributed by atoms with Gasteiger partial charge < -0.3 is 10.2 Å². The summed E-state index contributed by atoms with van der Waals surface area (Å²) in [5.41, 5.74) is 0.174. The molecule has 0 aromatic rings. The summed E-state index contributed by atoms with van der Waals surface area (Å²) in [5.74, 6) is 0.870. The van der Waals surface area contributed by atoms with E-state index in [4.69, 9.17) is 0 Å². The number of nitrogens with zero attached hydrogens (tertiary/aromatic N) is 2. The van der Waals surface area contributed by atoms with Gasteiger partial charge in [-0.25, -0.2) is 0 Å². The van der Waals surface area contributed by atoms with E-state index in [9.17, 15) is 4.79 Å². The second-order valence-corrected chi connectivity index (χ2v) is 7.04. The molecule has 0 aliphatic carbocycles. The van der Waals surface area contributed by atoms with Gasteiger partial charge in [-0.05, 0) is 59.5 Å². The molecule has 19 heavy (non-hydrogen) atoms. The van der Waals surface area contributed by atoms with Crippen LogP contribution in [-0.2, 0) is 4.79 Å². The number of hydrogen-bond acceptors (Lipinski definition) is 3. The molecule has 1 saturated heterocycles. The van der Waals surface area contributed by atoms with Crippen LogP contribution in [0.3, 0.4) is 0 Å². The van der Waals surface area contributed by atoms with Crippen molar-refractivity contribution in [2.75, 3.05) is 33.7 Å². The molecule has 0 bridgehead atoms. The average molecular weight is 269 g/mol. The van der Waals surface area contributed by atoms with Crippen LogP contribution in [0, 0.1) is 5.92 Å². The Labute approximate surface area is 118 Å². The van der Waals surface area contributed by atoms with Crippen molar-refractivity contribution in [1.82, 2.24) is 15.1 Å². The molecule has 1 rings (SSSR count). The molecular weight excluding hydrogens is 238 g/mol. The minimum Gasteiger partial charge on any atom is -0.347 e. The molecule has 1 aliphatic rings. The predicted octanol–water partition coefficient (Wildman–Crippen LogP) is 1.56. The first-order valence-electron chi connectivity index (χ1n) is 7.41. The van der Waals surface area contributed by atoms with Crippen LogP contribution in [0.15, 0.2) is 0 Å². The summed E-state index contributed by atoms with van der Waals surface area (Å²) in [6.45, 7) is 11.8. The highest BCUT2D eigenvalue weighted by Crippen LogP contribution is 2.19. The van der Waals surface area contributed by atoms with Crippen molar-refractivity contribution in [2.45, 2.75) is 52.1 Å². The molecule has 2 unspecified atom stereocenters. The third kappa shape index (κ3) is 5.49. The van der Waals surface area contributed by atoms with Crippen molar-refractivity contribution in [1.29, 1.82) is 0 Å². The van der Waals surface area contributed by atoms with Gasteiger partial charge >= 0.3 is 0 Å². The summed E-state index contributed by atoms with van der Waals surface area (Å²) in [5, 5.41) is 3.58. The van der Waals surface area contributed by atoms with Crippen LogP contribution >= 0.6 is 0 Å². The lowest BCUT2D eigenvalue weighted by atomic mass is 9.95. The third-order valence-electron chi connectivity index (χ3n) is 3.82. The standard InChI is InChI=1S/C15H31N3O/c1-12(14(19)17(5)6)18-9-7-8-13(11-18)10-16-15(2,3)4/h12-13,16H,7-11H2,1-6H3. The molecule has 1 aliphatic heterocycles. The highest BCUT2D eigenvalue weighted by atomic mass is 16.2. The summed E-state index contributed by atoms with van der Waals surface area (Å²) in [4.78, 5) is 16.1. The van der Waals surface area contributed by atoms with Gasteiger partial charge in [0.05, 0.1) is 6.04 Å². The van der Waals surface area contributed by atoms with Gasteiger partial charge in [0.25, 0.3) is 0 Å². The van der Waals surface area contributed by atoms with Crippen molar-refractivity contribution in [3.63, 3.8) is 0 Å². The quantitative estimate of drug-likeness (QED) is 0.841. The molecule has 2 atom stereocenters. The van der Waals surface area contributed by atoms with Gasteiger partial charge in [0, 0.05) is 26.2 Å². The number of likely N-dealkylation sites (tertiary alicyclic amines) is 1. The summed E-state index contributed by atoms with van der Waals surface area (Å²) in [6, 6.07) is 0.00689. The summed E-state index contributed by atoms with van der Waals surface area (Å²) < 4.78 is 0. The van der Waals surface area contributed by atoms with E-state index in [0.717, 1.165) is 19.6 Å². The third-order valence-corrected chi connectivity index (χ3v) is 3.82. The van der Waals surface area contributed by atoms with Crippen LogP contribution in [0.4, 0.5) is 0 Å². The summed E-state index contributed by atoms with van der Waals surface area (Å²) in [7, 11) is 3.67. The van der Waals surface area contributed by atoms with E-state index in [-0.39, 0.29) is 17.5 Å². The van der Waals surface area contributed by atoms with Gasteiger partial charge in [0.2, 0.25) is 5.91 Å². The topological polar surface area (TPSA) is 35.6 Å². The van der Waals surface area contributed by atoms with Gasteiger partial charge in [-0.2, -0.15) is 0 Å². The fraction of sp³-hybridized carbons (Fsp3) is 0.933. The molecule has 1 amide bonds. The lowest BCUT2D eigenvalue weighted by Crippen LogP contribution is -2.51. The molecule has 1 N–H and O–H groups in total. The summed E-state index contributed by atoms with van der Waals surface area (Å²) in [6.07, 6.45) is 2.46. The number of carbonyl (C=O) groups excluding carboxylic acids is 1. The molecule has 0 spiro atoms. The first kappa shape index (κ1) is 16.4. The molecule has 0 aromatic heterocycles. The highest BCUT2D eigenvalue weighted by molar-refractivity contribution is 5.80. The fourth-order valence-electron chi connectivity index (χ4n) is 2.60. The van der Waals surface area contributed by atoms with Gasteiger partial charge in [0.1, 0.15) is 0 Å². The average Bonchev–Trinajstić information content (AvgIpc) is 2.34. The second-order valence-electron chi connectivity index (χ2n) is 7.04. The smallest absolute Gasteiger partial charge is 0.239 e. The van der Waals surface area contributed by atoms with Crippen LogP contribution in [0.1, 0.15) is 40.5 Å². The van der Waals surface area contributed by atoms with E-state index in [1.807, 2.05) is 21.0 Å². The molecule has 0 aromatic carbocycles. The number of carbonyl (C=O) groups is 1. The lowest BCUT2D eigenvalue weighted by molar-refractivity contribution is -0.134. The van der Waals surface area contributed by atoms with E-state index in [0.29, 0.717) is 5.92 Å². The van der Waals surface area contributed by atoms with Crippen LogP contribution in [0.2, 0.25) is 0 Å². The molecular formula is C15H31N3O. The maximum atomic E-state index is 12.0. The molecule has 0 saturated carbocycles. The monoisotopic (exact) mass is 269 g/mol. The number of rotatable bonds is 4. The molecule has 112 valence electrons. The molecule has 1 fully saturated rings. The Bertz CT molecular complexity index is 296. The maximum Gasteiger partial charge on any atom is 0.239 e. The SMILES string of the molecule is CC(C(=O)N(C)C)N1CCCC(CNC(C)(C)C)C1. The second kappa shape index (κ2) is 6.71. The van der Waals surface area contributed by atoms with Crippen molar-refractivity contribution < 1.29 is 4.79 Å². The van der Waals surface area contributed by atoms with Gasteiger partial charge in [0.15, 0.2) is 0 Å². The van der Waals surface area contributed by atoms with Crippen LogP contribution in [-0.4, -0.2) is 61.0 Å². The minimum atomic E-state index is 0.00689. The van der Waals surface area contributed by atoms with Crippen molar-refractivity contribution in [3.8, 4) is 0 Å². The first-order chi connectivity index (χ1) is 8.70. The number of amides is 1. The predicted molar refractivity (Wildman–Crippen MR) is 80.2 cm³/mol. The zero-order valence-corrected chi connectivity index (χ0v) is 13.5. The zero-order chi connectivity index (χ0) is 14.6. The van der Waals surface area contributed by atoms with E-state index in [1.54, 1.807) is 4.90 Å².